The molecule has 0 amide bonds. The van der Waals surface area contributed by atoms with Gasteiger partial charge in [0.25, 0.3) is 5.24 Å². The molecule has 0 aliphatic heterocycles. The Morgan fingerprint density at radius 3 is 2.33 bits per heavy atom. The second kappa shape index (κ2) is 6.74. The number of halogens is 1. The number of hydrogen-bond donors (Lipinski definition) is 0. The summed E-state index contributed by atoms with van der Waals surface area (Å²) in [6.45, 7) is 0.174. The molecule has 0 N–H and O–H groups in total. The molecule has 0 bridgehead atoms. The Balaban J connectivity index is 2.22. The maximum absolute atomic E-state index is 12.3. The van der Waals surface area contributed by atoms with Crippen LogP contribution in [0, 0.1) is 12.3 Å². The van der Waals surface area contributed by atoms with Crippen molar-refractivity contribution in [2.24, 2.45) is 0 Å². The van der Waals surface area contributed by atoms with Gasteiger partial charge in [-0.15, -0.1) is 6.42 Å². The number of ether oxygens (including phenoxy) is 1. The Morgan fingerprint density at radius 2 is 1.71 bits per heavy atom. The monoisotopic (exact) mass is 298 g/mol. The van der Waals surface area contributed by atoms with Gasteiger partial charge in [0.2, 0.25) is 0 Å². The molecule has 0 atom stereocenters. The van der Waals surface area contributed by atoms with Crippen LogP contribution in [0.2, 0.25) is 0 Å². The normalized spacial score (nSPS) is 9.71. The van der Waals surface area contributed by atoms with E-state index in [2.05, 4.69) is 5.92 Å². The molecule has 21 heavy (non-hydrogen) atoms. The lowest BCUT2D eigenvalue weighted by Crippen LogP contribution is -2.03. The summed E-state index contributed by atoms with van der Waals surface area (Å²) < 4.78 is 5.24. The molecule has 0 radical (unpaired) electrons. The van der Waals surface area contributed by atoms with Crippen molar-refractivity contribution in [3.05, 3.63) is 65.2 Å². The van der Waals surface area contributed by atoms with Gasteiger partial charge in [0.05, 0.1) is 0 Å². The molecule has 0 spiro atoms. The molecule has 2 aromatic carbocycles. The number of ketones is 1. The maximum Gasteiger partial charge on any atom is 0.252 e. The summed E-state index contributed by atoms with van der Waals surface area (Å²) in [6, 6.07) is 12.9. The molecule has 0 aromatic heterocycles. The summed E-state index contributed by atoms with van der Waals surface area (Å²) in [6.07, 6.45) is 5.10. The van der Waals surface area contributed by atoms with E-state index in [0.29, 0.717) is 16.9 Å². The topological polar surface area (TPSA) is 43.4 Å². The van der Waals surface area contributed by atoms with Crippen LogP contribution in [-0.4, -0.2) is 17.6 Å². The van der Waals surface area contributed by atoms with E-state index in [-0.39, 0.29) is 18.0 Å². The molecule has 0 saturated carbocycles. The van der Waals surface area contributed by atoms with E-state index >= 15 is 0 Å². The second-order valence-corrected chi connectivity index (χ2v) is 4.54. The van der Waals surface area contributed by atoms with Crippen LogP contribution < -0.4 is 4.74 Å². The molecule has 0 heterocycles. The van der Waals surface area contributed by atoms with Crippen molar-refractivity contribution in [1.29, 1.82) is 0 Å². The highest BCUT2D eigenvalue weighted by Gasteiger charge is 2.11. The molecule has 4 heteroatoms. The number of rotatable bonds is 5. The highest BCUT2D eigenvalue weighted by molar-refractivity contribution is 6.67. The van der Waals surface area contributed by atoms with Gasteiger partial charge in [-0.1, -0.05) is 24.1 Å². The fourth-order valence-electron chi connectivity index (χ4n) is 1.78. The quantitative estimate of drug-likeness (QED) is 0.483. The second-order valence-electron chi connectivity index (χ2n) is 4.20. The first-order valence-electron chi connectivity index (χ1n) is 6.12. The lowest BCUT2D eigenvalue weighted by Gasteiger charge is -2.05. The van der Waals surface area contributed by atoms with Crippen LogP contribution >= 0.6 is 11.6 Å². The van der Waals surface area contributed by atoms with Crippen LogP contribution in [0.3, 0.4) is 0 Å². The van der Waals surface area contributed by atoms with Crippen molar-refractivity contribution in [1.82, 2.24) is 0 Å². The van der Waals surface area contributed by atoms with Gasteiger partial charge in [0.1, 0.15) is 12.4 Å². The van der Waals surface area contributed by atoms with Crippen molar-refractivity contribution >= 4 is 22.6 Å². The van der Waals surface area contributed by atoms with Crippen molar-refractivity contribution in [3.8, 4) is 18.1 Å². The standard InChI is InChI=1S/C17H11ClO3/c1-2-10-21-15-8-6-12(7-9-15)16(19)13-4-3-5-14(11-13)17(18)20/h1,3-9,11H,10H2. The highest BCUT2D eigenvalue weighted by atomic mass is 35.5. The average molecular weight is 299 g/mol. The highest BCUT2D eigenvalue weighted by Crippen LogP contribution is 2.17. The Morgan fingerprint density at radius 1 is 1.05 bits per heavy atom. The fraction of sp³-hybridized carbons (Fsp3) is 0.0588. The van der Waals surface area contributed by atoms with Crippen LogP contribution in [0.25, 0.3) is 0 Å². The minimum atomic E-state index is -0.595. The third kappa shape index (κ3) is 3.71. The third-order valence-electron chi connectivity index (χ3n) is 2.79. The zero-order valence-corrected chi connectivity index (χ0v) is 11.8. The predicted molar refractivity (Wildman–Crippen MR) is 80.8 cm³/mol. The van der Waals surface area contributed by atoms with E-state index in [9.17, 15) is 9.59 Å². The minimum absolute atomic E-state index is 0.174. The predicted octanol–water partition coefficient (Wildman–Crippen LogP) is 3.31. The molecule has 2 aromatic rings. The Kier molecular flexibility index (Phi) is 4.76. The van der Waals surface area contributed by atoms with Crippen molar-refractivity contribution in [2.75, 3.05) is 6.61 Å². The van der Waals surface area contributed by atoms with E-state index in [4.69, 9.17) is 22.8 Å². The summed E-state index contributed by atoms with van der Waals surface area (Å²) in [5, 5.41) is -0.595. The average Bonchev–Trinajstić information content (AvgIpc) is 2.53. The number of terminal acetylenes is 1. The summed E-state index contributed by atoms with van der Waals surface area (Å²) >= 11 is 5.41. The van der Waals surface area contributed by atoms with E-state index in [1.54, 1.807) is 42.5 Å². The first-order chi connectivity index (χ1) is 10.1. The molecule has 0 aliphatic rings. The zero-order chi connectivity index (χ0) is 15.2. The maximum atomic E-state index is 12.3. The zero-order valence-electron chi connectivity index (χ0n) is 11.0. The summed E-state index contributed by atoms with van der Waals surface area (Å²) in [7, 11) is 0. The van der Waals surface area contributed by atoms with Crippen LogP contribution in [0.4, 0.5) is 0 Å². The van der Waals surface area contributed by atoms with Gasteiger partial charge >= 0.3 is 0 Å². The van der Waals surface area contributed by atoms with Gasteiger partial charge in [0, 0.05) is 16.7 Å². The summed E-state index contributed by atoms with van der Waals surface area (Å²) in [5.74, 6) is 2.76. The number of hydrogen-bond acceptors (Lipinski definition) is 3. The number of carbonyl (C=O) groups excluding carboxylic acids is 2. The molecule has 0 unspecified atom stereocenters. The lowest BCUT2D eigenvalue weighted by molar-refractivity contribution is 0.103. The van der Waals surface area contributed by atoms with Crippen molar-refractivity contribution in [2.45, 2.75) is 0 Å². The van der Waals surface area contributed by atoms with Crippen molar-refractivity contribution < 1.29 is 14.3 Å². The lowest BCUT2D eigenvalue weighted by atomic mass is 10.0. The first-order valence-corrected chi connectivity index (χ1v) is 6.50. The van der Waals surface area contributed by atoms with Crippen LogP contribution in [-0.2, 0) is 0 Å². The van der Waals surface area contributed by atoms with Gasteiger partial charge < -0.3 is 4.74 Å². The number of benzene rings is 2. The Hall–Kier alpha value is -2.57. The minimum Gasteiger partial charge on any atom is -0.481 e. The van der Waals surface area contributed by atoms with Gasteiger partial charge in [-0.3, -0.25) is 9.59 Å². The molecule has 104 valence electrons. The molecular formula is C17H11ClO3. The van der Waals surface area contributed by atoms with Gasteiger partial charge in [-0.25, -0.2) is 0 Å². The molecule has 2 rings (SSSR count). The van der Waals surface area contributed by atoms with Crippen LogP contribution in [0.15, 0.2) is 48.5 Å². The number of carbonyl (C=O) groups is 2. The summed E-state index contributed by atoms with van der Waals surface area (Å²) in [5.41, 5.74) is 1.18. The van der Waals surface area contributed by atoms with E-state index < -0.39 is 5.24 Å². The van der Waals surface area contributed by atoms with E-state index in [1.165, 1.54) is 6.07 Å². The van der Waals surface area contributed by atoms with Crippen LogP contribution in [0.1, 0.15) is 26.3 Å². The molecule has 0 saturated heterocycles. The van der Waals surface area contributed by atoms with E-state index in [0.717, 1.165) is 0 Å². The fourth-order valence-corrected chi connectivity index (χ4v) is 1.89. The first kappa shape index (κ1) is 14.8. The summed E-state index contributed by atoms with van der Waals surface area (Å²) in [4.78, 5) is 23.4. The third-order valence-corrected chi connectivity index (χ3v) is 3.01. The molecular weight excluding hydrogens is 288 g/mol. The SMILES string of the molecule is C#CCOc1ccc(C(=O)c2cccc(C(=O)Cl)c2)cc1. The smallest absolute Gasteiger partial charge is 0.252 e. The van der Waals surface area contributed by atoms with Crippen molar-refractivity contribution in [3.63, 3.8) is 0 Å². The molecule has 0 fully saturated rings. The van der Waals surface area contributed by atoms with Gasteiger partial charge in [0.15, 0.2) is 5.78 Å². The molecule has 3 nitrogen and oxygen atoms in total. The largest absolute Gasteiger partial charge is 0.481 e. The Bertz CT molecular complexity index is 712. The van der Waals surface area contributed by atoms with E-state index in [1.807, 2.05) is 0 Å². The van der Waals surface area contributed by atoms with Gasteiger partial charge in [-0.2, -0.15) is 0 Å². The molecule has 0 aliphatic carbocycles. The van der Waals surface area contributed by atoms with Crippen LogP contribution in [0.5, 0.6) is 5.75 Å². The Labute approximate surface area is 127 Å². The van der Waals surface area contributed by atoms with Gasteiger partial charge in [-0.05, 0) is 41.9 Å².